The molecule has 1 aromatic rings. The molecule has 1 rings (SSSR count). The van der Waals surface area contributed by atoms with Crippen LogP contribution in [0.1, 0.15) is 33.3 Å². The van der Waals surface area contributed by atoms with Gasteiger partial charge in [0.25, 0.3) is 0 Å². The Morgan fingerprint density at radius 1 is 1.42 bits per heavy atom. The molecule has 4 heteroatoms. The first-order chi connectivity index (χ1) is 8.75. The second-order valence-electron chi connectivity index (χ2n) is 5.59. The van der Waals surface area contributed by atoms with Gasteiger partial charge in [0.15, 0.2) is 5.78 Å². The van der Waals surface area contributed by atoms with Crippen molar-refractivity contribution in [1.29, 1.82) is 0 Å². The summed E-state index contributed by atoms with van der Waals surface area (Å²) in [5.41, 5.74) is 0.539. The maximum Gasteiger partial charge on any atom is 0.166 e. The fourth-order valence-electron chi connectivity index (χ4n) is 1.94. The normalized spacial score (nSPS) is 13.4. The van der Waals surface area contributed by atoms with Gasteiger partial charge in [0, 0.05) is 13.0 Å². The van der Waals surface area contributed by atoms with Gasteiger partial charge in [-0.3, -0.25) is 4.79 Å². The fourth-order valence-corrected chi connectivity index (χ4v) is 2.36. The van der Waals surface area contributed by atoms with Crippen molar-refractivity contribution in [3.05, 3.63) is 34.1 Å². The van der Waals surface area contributed by atoms with Crippen molar-refractivity contribution in [2.24, 2.45) is 5.41 Å². The minimum absolute atomic E-state index is 0.0212. The predicted molar refractivity (Wildman–Crippen MR) is 77.7 cm³/mol. The SMILES string of the molecule is CCOC(C(=O)Cc1ccc(F)c(Br)c1)C(C)(C)C. The van der Waals surface area contributed by atoms with E-state index in [1.54, 1.807) is 12.1 Å². The molecule has 0 saturated carbocycles. The molecule has 0 saturated heterocycles. The van der Waals surface area contributed by atoms with Gasteiger partial charge in [0.05, 0.1) is 4.47 Å². The van der Waals surface area contributed by atoms with Gasteiger partial charge >= 0.3 is 0 Å². The van der Waals surface area contributed by atoms with Crippen molar-refractivity contribution >= 4 is 21.7 Å². The summed E-state index contributed by atoms with van der Waals surface area (Å²) >= 11 is 3.13. The number of ether oxygens (including phenoxy) is 1. The van der Waals surface area contributed by atoms with Crippen LogP contribution < -0.4 is 0 Å². The lowest BCUT2D eigenvalue weighted by atomic mass is 9.84. The molecule has 0 aliphatic rings. The van der Waals surface area contributed by atoms with E-state index >= 15 is 0 Å². The molecule has 1 atom stereocenters. The minimum atomic E-state index is -0.443. The lowest BCUT2D eigenvalue weighted by Crippen LogP contribution is -2.38. The highest BCUT2D eigenvalue weighted by atomic mass is 79.9. The highest BCUT2D eigenvalue weighted by Crippen LogP contribution is 2.25. The molecule has 0 aliphatic heterocycles. The largest absolute Gasteiger partial charge is 0.370 e. The van der Waals surface area contributed by atoms with Crippen molar-refractivity contribution < 1.29 is 13.9 Å². The zero-order chi connectivity index (χ0) is 14.6. The number of Topliss-reactive ketones (excluding diaryl/α,β-unsaturated/α-hetero) is 1. The maximum absolute atomic E-state index is 13.1. The van der Waals surface area contributed by atoms with Crippen molar-refractivity contribution in [3.8, 4) is 0 Å². The summed E-state index contributed by atoms with van der Waals surface area (Å²) in [6.07, 6.45) is -0.192. The molecule has 19 heavy (non-hydrogen) atoms. The molecule has 2 nitrogen and oxygen atoms in total. The van der Waals surface area contributed by atoms with Gasteiger partial charge in [0.2, 0.25) is 0 Å². The van der Waals surface area contributed by atoms with Crippen LogP contribution in [0, 0.1) is 11.2 Å². The number of carbonyl (C=O) groups is 1. The van der Waals surface area contributed by atoms with Crippen LogP contribution in [-0.4, -0.2) is 18.5 Å². The monoisotopic (exact) mass is 330 g/mol. The maximum atomic E-state index is 13.1. The number of ketones is 1. The predicted octanol–water partition coefficient (Wildman–Crippen LogP) is 4.15. The number of carbonyl (C=O) groups excluding carboxylic acids is 1. The van der Waals surface area contributed by atoms with E-state index in [1.165, 1.54) is 6.07 Å². The Morgan fingerprint density at radius 3 is 2.53 bits per heavy atom. The molecule has 0 bridgehead atoms. The summed E-state index contributed by atoms with van der Waals surface area (Å²) in [5.74, 6) is -0.304. The highest BCUT2D eigenvalue weighted by molar-refractivity contribution is 9.10. The van der Waals surface area contributed by atoms with Gasteiger partial charge in [-0.2, -0.15) is 0 Å². The zero-order valence-corrected chi connectivity index (χ0v) is 13.4. The van der Waals surface area contributed by atoms with E-state index < -0.39 is 6.10 Å². The minimum Gasteiger partial charge on any atom is -0.370 e. The van der Waals surface area contributed by atoms with Crippen LogP contribution in [-0.2, 0) is 16.0 Å². The van der Waals surface area contributed by atoms with E-state index in [9.17, 15) is 9.18 Å². The van der Waals surface area contributed by atoms with Crippen LogP contribution in [0.2, 0.25) is 0 Å². The summed E-state index contributed by atoms with van der Waals surface area (Å²) in [7, 11) is 0. The summed E-state index contributed by atoms with van der Waals surface area (Å²) in [5, 5.41) is 0. The Hall–Kier alpha value is -0.740. The molecular weight excluding hydrogens is 311 g/mol. The van der Waals surface area contributed by atoms with E-state index in [2.05, 4.69) is 15.9 Å². The van der Waals surface area contributed by atoms with Crippen molar-refractivity contribution in [2.75, 3.05) is 6.61 Å². The standard InChI is InChI=1S/C15H20BrFO2/c1-5-19-14(15(2,3)4)13(18)9-10-6-7-12(17)11(16)8-10/h6-8,14H,5,9H2,1-4H3. The summed E-state index contributed by atoms with van der Waals surface area (Å²) < 4.78 is 19.1. The van der Waals surface area contributed by atoms with Gasteiger partial charge in [-0.25, -0.2) is 4.39 Å². The molecule has 1 aromatic carbocycles. The van der Waals surface area contributed by atoms with E-state index in [4.69, 9.17) is 4.74 Å². The Morgan fingerprint density at radius 2 is 2.05 bits per heavy atom. The van der Waals surface area contributed by atoms with Crippen LogP contribution in [0.25, 0.3) is 0 Å². The van der Waals surface area contributed by atoms with E-state index in [1.807, 2.05) is 27.7 Å². The van der Waals surface area contributed by atoms with E-state index in [0.717, 1.165) is 5.56 Å². The third kappa shape index (κ3) is 4.69. The third-order valence-electron chi connectivity index (χ3n) is 2.77. The number of hydrogen-bond acceptors (Lipinski definition) is 2. The van der Waals surface area contributed by atoms with Crippen LogP contribution in [0.15, 0.2) is 22.7 Å². The first kappa shape index (κ1) is 16.3. The van der Waals surface area contributed by atoms with Crippen molar-refractivity contribution in [2.45, 2.75) is 40.2 Å². The van der Waals surface area contributed by atoms with Gasteiger partial charge < -0.3 is 4.74 Å². The second kappa shape index (κ2) is 6.62. The number of hydrogen-bond donors (Lipinski definition) is 0. The smallest absolute Gasteiger partial charge is 0.166 e. The lowest BCUT2D eigenvalue weighted by Gasteiger charge is -2.29. The molecule has 1 unspecified atom stereocenters. The third-order valence-corrected chi connectivity index (χ3v) is 3.38. The van der Waals surface area contributed by atoms with Gasteiger partial charge in [-0.15, -0.1) is 0 Å². The van der Waals surface area contributed by atoms with Crippen LogP contribution >= 0.6 is 15.9 Å². The topological polar surface area (TPSA) is 26.3 Å². The van der Waals surface area contributed by atoms with Crippen molar-refractivity contribution in [3.63, 3.8) is 0 Å². The molecule has 0 radical (unpaired) electrons. The molecular formula is C15H20BrFO2. The Kier molecular flexibility index (Phi) is 5.68. The molecule has 0 N–H and O–H groups in total. The van der Waals surface area contributed by atoms with Gasteiger partial charge in [0.1, 0.15) is 11.9 Å². The molecule has 0 aliphatic carbocycles. The van der Waals surface area contributed by atoms with Crippen LogP contribution in [0.4, 0.5) is 4.39 Å². The Balaban J connectivity index is 2.84. The number of halogens is 2. The number of rotatable bonds is 5. The number of benzene rings is 1. The van der Waals surface area contributed by atoms with Crippen molar-refractivity contribution in [1.82, 2.24) is 0 Å². The molecule has 0 heterocycles. The van der Waals surface area contributed by atoms with Crippen LogP contribution in [0.5, 0.6) is 0 Å². The first-order valence-corrected chi connectivity index (χ1v) is 7.13. The Labute approximate surface area is 122 Å². The average molecular weight is 331 g/mol. The average Bonchev–Trinajstić information content (AvgIpc) is 2.29. The second-order valence-corrected chi connectivity index (χ2v) is 6.45. The highest BCUT2D eigenvalue weighted by Gasteiger charge is 2.31. The van der Waals surface area contributed by atoms with E-state index in [-0.39, 0.29) is 23.4 Å². The first-order valence-electron chi connectivity index (χ1n) is 6.34. The fraction of sp³-hybridized carbons (Fsp3) is 0.533. The summed E-state index contributed by atoms with van der Waals surface area (Å²) in [6.45, 7) is 8.31. The zero-order valence-electron chi connectivity index (χ0n) is 11.8. The molecule has 0 amide bonds. The van der Waals surface area contributed by atoms with E-state index in [0.29, 0.717) is 11.1 Å². The molecule has 0 spiro atoms. The quantitative estimate of drug-likeness (QED) is 0.810. The van der Waals surface area contributed by atoms with Gasteiger partial charge in [-0.1, -0.05) is 26.8 Å². The summed E-state index contributed by atoms with van der Waals surface area (Å²) in [4.78, 5) is 12.3. The molecule has 106 valence electrons. The Bertz CT molecular complexity index is 452. The van der Waals surface area contributed by atoms with Crippen LogP contribution in [0.3, 0.4) is 0 Å². The lowest BCUT2D eigenvalue weighted by molar-refractivity contribution is -0.136. The van der Waals surface area contributed by atoms with Gasteiger partial charge in [-0.05, 0) is 46.0 Å². The molecule has 0 fully saturated rings. The summed E-state index contributed by atoms with van der Waals surface area (Å²) in [6, 6.07) is 4.63. The molecule has 0 aromatic heterocycles.